The van der Waals surface area contributed by atoms with Gasteiger partial charge in [-0.1, -0.05) is 6.07 Å². The van der Waals surface area contributed by atoms with E-state index in [4.69, 9.17) is 0 Å². The van der Waals surface area contributed by atoms with Gasteiger partial charge < -0.3 is 20.6 Å². The van der Waals surface area contributed by atoms with Crippen molar-refractivity contribution in [2.24, 2.45) is 0 Å². The van der Waals surface area contributed by atoms with Crippen LogP contribution in [0.2, 0.25) is 0 Å². The number of aromatic hydroxyl groups is 2. The number of anilines is 1. The molecule has 4 N–H and O–H groups in total. The lowest BCUT2D eigenvalue weighted by Gasteiger charge is -2.22. The predicted octanol–water partition coefficient (Wildman–Crippen LogP) is 1.37. The van der Waals surface area contributed by atoms with Gasteiger partial charge in [-0.25, -0.2) is 0 Å². The maximum atomic E-state index is 9.78. The summed E-state index contributed by atoms with van der Waals surface area (Å²) >= 11 is 0. The van der Waals surface area contributed by atoms with Crippen LogP contribution in [-0.4, -0.2) is 22.4 Å². The minimum atomic E-state index is -1.07. The average Bonchev–Trinajstić information content (AvgIpc) is 2.07. The molecule has 0 saturated heterocycles. The van der Waals surface area contributed by atoms with E-state index in [1.807, 2.05) is 0 Å². The minimum Gasteiger partial charge on any atom is -0.504 e. The molecule has 0 fully saturated rings. The summed E-state index contributed by atoms with van der Waals surface area (Å²) in [6, 6.07) is 2.92. The molecule has 0 bridgehead atoms. The molecule has 1 aromatic carbocycles. The van der Waals surface area contributed by atoms with Gasteiger partial charge in [0.25, 0.3) is 0 Å². The van der Waals surface area contributed by atoms with Gasteiger partial charge in [-0.3, -0.25) is 0 Å². The molecule has 14 heavy (non-hydrogen) atoms. The first kappa shape index (κ1) is 10.7. The second-order valence-electron chi connectivity index (χ2n) is 3.66. The van der Waals surface area contributed by atoms with Gasteiger partial charge in [0.2, 0.25) is 0 Å². The zero-order valence-corrected chi connectivity index (χ0v) is 8.50. The maximum absolute atomic E-state index is 9.78. The van der Waals surface area contributed by atoms with Crippen molar-refractivity contribution in [3.05, 3.63) is 17.7 Å². The smallest absolute Gasteiger partial charge is 0.181 e. The van der Waals surface area contributed by atoms with Crippen LogP contribution in [0.1, 0.15) is 19.4 Å². The second kappa shape index (κ2) is 3.38. The summed E-state index contributed by atoms with van der Waals surface area (Å²) < 4.78 is 0. The van der Waals surface area contributed by atoms with Crippen LogP contribution in [-0.2, 0) is 5.60 Å². The Hall–Kier alpha value is -1.42. The Bertz CT molecular complexity index is 342. The summed E-state index contributed by atoms with van der Waals surface area (Å²) in [5.74, 6) is -0.450. The minimum absolute atomic E-state index is 0.206. The van der Waals surface area contributed by atoms with E-state index in [1.54, 1.807) is 27.0 Å². The number of phenols is 2. The van der Waals surface area contributed by atoms with Crippen molar-refractivity contribution >= 4 is 5.69 Å². The Labute approximate surface area is 82.8 Å². The van der Waals surface area contributed by atoms with Gasteiger partial charge in [-0.05, 0) is 19.9 Å². The summed E-state index contributed by atoms with van der Waals surface area (Å²) in [6.45, 7) is 3.22. The second-order valence-corrected chi connectivity index (χ2v) is 3.66. The van der Waals surface area contributed by atoms with Gasteiger partial charge in [-0.2, -0.15) is 0 Å². The summed E-state index contributed by atoms with van der Waals surface area (Å²) in [5, 5.41) is 31.3. The number of hydrogen-bond acceptors (Lipinski definition) is 4. The Morgan fingerprint density at radius 1 is 1.21 bits per heavy atom. The molecule has 0 spiro atoms. The Morgan fingerprint density at radius 3 is 2.21 bits per heavy atom. The first-order valence-corrected chi connectivity index (χ1v) is 4.33. The predicted molar refractivity (Wildman–Crippen MR) is 54.6 cm³/mol. The van der Waals surface area contributed by atoms with Crippen molar-refractivity contribution in [3.63, 3.8) is 0 Å². The largest absolute Gasteiger partial charge is 0.504 e. The SMILES string of the molecule is CNc1c(C(C)(C)O)ccc(O)c1O. The van der Waals surface area contributed by atoms with E-state index in [9.17, 15) is 15.3 Å². The molecular formula is C10H15NO3. The van der Waals surface area contributed by atoms with Gasteiger partial charge in [0.1, 0.15) is 0 Å². The Balaban J connectivity index is 3.39. The van der Waals surface area contributed by atoms with E-state index < -0.39 is 5.60 Å². The highest BCUT2D eigenvalue weighted by atomic mass is 16.3. The summed E-state index contributed by atoms with van der Waals surface area (Å²) in [7, 11) is 1.61. The first-order chi connectivity index (χ1) is 6.38. The molecule has 4 nitrogen and oxygen atoms in total. The first-order valence-electron chi connectivity index (χ1n) is 4.33. The van der Waals surface area contributed by atoms with Gasteiger partial charge in [-0.15, -0.1) is 0 Å². The fourth-order valence-corrected chi connectivity index (χ4v) is 1.34. The molecule has 0 aliphatic rings. The molecular weight excluding hydrogens is 182 g/mol. The molecule has 0 saturated carbocycles. The number of phenolic OH excluding ortho intramolecular Hbond substituents is 2. The number of benzene rings is 1. The molecule has 0 aromatic heterocycles. The number of rotatable bonds is 2. The Kier molecular flexibility index (Phi) is 2.57. The average molecular weight is 197 g/mol. The van der Waals surface area contributed by atoms with Gasteiger partial charge in [0.05, 0.1) is 11.3 Å². The lowest BCUT2D eigenvalue weighted by atomic mass is 9.95. The molecule has 0 unspecified atom stereocenters. The summed E-state index contributed by atoms with van der Waals surface area (Å²) in [5.41, 5.74) is -0.184. The van der Waals surface area contributed by atoms with E-state index in [-0.39, 0.29) is 11.5 Å². The molecule has 1 rings (SSSR count). The van der Waals surface area contributed by atoms with Crippen molar-refractivity contribution in [1.82, 2.24) is 0 Å². The van der Waals surface area contributed by atoms with Crippen LogP contribution in [0.3, 0.4) is 0 Å². The van der Waals surface area contributed by atoms with E-state index in [2.05, 4.69) is 5.32 Å². The molecule has 1 aromatic rings. The van der Waals surface area contributed by atoms with Crippen LogP contribution in [0.15, 0.2) is 12.1 Å². The number of hydrogen-bond donors (Lipinski definition) is 4. The number of aliphatic hydroxyl groups is 1. The third-order valence-corrected chi connectivity index (χ3v) is 2.07. The molecule has 0 aliphatic carbocycles. The van der Waals surface area contributed by atoms with Crippen LogP contribution < -0.4 is 5.32 Å². The van der Waals surface area contributed by atoms with Crippen LogP contribution in [0.4, 0.5) is 5.69 Å². The highest BCUT2D eigenvalue weighted by Crippen LogP contribution is 2.39. The fraction of sp³-hybridized carbons (Fsp3) is 0.400. The normalized spacial score (nSPS) is 11.4. The number of nitrogens with one attached hydrogen (secondary N) is 1. The zero-order valence-electron chi connectivity index (χ0n) is 8.50. The van der Waals surface area contributed by atoms with E-state index >= 15 is 0 Å². The summed E-state index contributed by atoms with van der Waals surface area (Å²) in [6.07, 6.45) is 0. The molecule has 0 radical (unpaired) electrons. The van der Waals surface area contributed by atoms with Crippen molar-refractivity contribution in [3.8, 4) is 11.5 Å². The molecule has 0 atom stereocenters. The van der Waals surface area contributed by atoms with Crippen LogP contribution in [0.5, 0.6) is 11.5 Å². The van der Waals surface area contributed by atoms with Crippen molar-refractivity contribution < 1.29 is 15.3 Å². The lowest BCUT2D eigenvalue weighted by molar-refractivity contribution is 0.0790. The van der Waals surface area contributed by atoms with E-state index in [0.29, 0.717) is 11.3 Å². The van der Waals surface area contributed by atoms with Crippen LogP contribution >= 0.6 is 0 Å². The Morgan fingerprint density at radius 2 is 1.79 bits per heavy atom. The molecule has 78 valence electrons. The quantitative estimate of drug-likeness (QED) is 0.540. The molecule has 0 heterocycles. The fourth-order valence-electron chi connectivity index (χ4n) is 1.34. The third kappa shape index (κ3) is 1.75. The zero-order chi connectivity index (χ0) is 10.9. The standard InChI is InChI=1S/C10H15NO3/c1-10(2,14)6-4-5-7(12)9(13)8(6)11-3/h4-5,11-14H,1-3H3. The van der Waals surface area contributed by atoms with Gasteiger partial charge >= 0.3 is 0 Å². The van der Waals surface area contributed by atoms with Gasteiger partial charge in [0, 0.05) is 12.6 Å². The van der Waals surface area contributed by atoms with E-state index in [1.165, 1.54) is 6.07 Å². The lowest BCUT2D eigenvalue weighted by Crippen LogP contribution is -2.17. The van der Waals surface area contributed by atoms with E-state index in [0.717, 1.165) is 0 Å². The maximum Gasteiger partial charge on any atom is 0.181 e. The highest BCUT2D eigenvalue weighted by Gasteiger charge is 2.22. The van der Waals surface area contributed by atoms with Crippen molar-refractivity contribution in [2.45, 2.75) is 19.4 Å². The molecule has 0 aliphatic heterocycles. The highest BCUT2D eigenvalue weighted by molar-refractivity contribution is 5.67. The molecule has 0 amide bonds. The van der Waals surface area contributed by atoms with Crippen LogP contribution in [0.25, 0.3) is 0 Å². The monoisotopic (exact) mass is 197 g/mol. The third-order valence-electron chi connectivity index (χ3n) is 2.07. The topological polar surface area (TPSA) is 72.7 Å². The molecule has 4 heteroatoms. The summed E-state index contributed by atoms with van der Waals surface area (Å²) in [4.78, 5) is 0. The van der Waals surface area contributed by atoms with Crippen molar-refractivity contribution in [1.29, 1.82) is 0 Å². The van der Waals surface area contributed by atoms with Gasteiger partial charge in [0.15, 0.2) is 11.5 Å². The van der Waals surface area contributed by atoms with Crippen LogP contribution in [0, 0.1) is 0 Å². The van der Waals surface area contributed by atoms with Crippen molar-refractivity contribution in [2.75, 3.05) is 12.4 Å².